The summed E-state index contributed by atoms with van der Waals surface area (Å²) in [4.78, 5) is 0. The highest BCUT2D eigenvalue weighted by Crippen LogP contribution is 2.35. The van der Waals surface area contributed by atoms with E-state index >= 15 is 0 Å². The van der Waals surface area contributed by atoms with Gasteiger partial charge in [0.2, 0.25) is 0 Å². The topological polar surface area (TPSA) is 96.0 Å². The minimum absolute atomic E-state index is 0.0255. The molecule has 0 saturated carbocycles. The maximum Gasteiger partial charge on any atom is 0.252 e. The number of oxime groups is 1. The van der Waals surface area contributed by atoms with Crippen LogP contribution in [0.3, 0.4) is 0 Å². The number of hydrogen-bond donors (Lipinski definition) is 2. The molecule has 1 heterocycles. The Kier molecular flexibility index (Phi) is 5.41. The summed E-state index contributed by atoms with van der Waals surface area (Å²) in [6.07, 6.45) is 0.145. The number of sulfonamides is 1. The summed E-state index contributed by atoms with van der Waals surface area (Å²) in [6, 6.07) is 1.38. The van der Waals surface area contributed by atoms with E-state index in [0.29, 0.717) is 8.81 Å². The number of hydrogen-bond acceptors (Lipinski definition) is 5. The van der Waals surface area contributed by atoms with Crippen LogP contribution in [0, 0.1) is 0 Å². The zero-order valence-electron chi connectivity index (χ0n) is 9.30. The van der Waals surface area contributed by atoms with Gasteiger partial charge in [-0.1, -0.05) is 16.8 Å². The zero-order chi connectivity index (χ0) is 13.9. The normalized spacial score (nSPS) is 13.2. The fraction of sp³-hybridized carbons (Fsp3) is 0.375. The maximum atomic E-state index is 12.1. The van der Waals surface area contributed by atoms with E-state index in [1.807, 2.05) is 0 Å². The Balaban J connectivity index is 2.86. The van der Waals surface area contributed by atoms with Crippen LogP contribution in [0.1, 0.15) is 6.42 Å². The van der Waals surface area contributed by atoms with Crippen LogP contribution in [-0.2, 0) is 10.0 Å². The molecule has 0 aliphatic carbocycles. The minimum Gasteiger partial charge on any atom is -0.409 e. The molecule has 0 unspecified atom stereocenters. The van der Waals surface area contributed by atoms with Crippen molar-refractivity contribution in [3.8, 4) is 0 Å². The molecular weight excluding hydrogens is 366 g/mol. The van der Waals surface area contributed by atoms with Crippen LogP contribution in [0.15, 0.2) is 19.2 Å². The van der Waals surface area contributed by atoms with Crippen molar-refractivity contribution in [2.45, 2.75) is 10.6 Å². The number of thiophene rings is 1. The van der Waals surface area contributed by atoms with E-state index in [2.05, 4.69) is 21.1 Å². The molecule has 0 fully saturated rings. The molecule has 10 heteroatoms. The summed E-state index contributed by atoms with van der Waals surface area (Å²) >= 11 is 9.99. The predicted octanol–water partition coefficient (Wildman–Crippen LogP) is 1.92. The number of rotatable bonds is 5. The third-order valence-corrected chi connectivity index (χ3v) is 6.88. The molecule has 6 nitrogen and oxygen atoms in total. The summed E-state index contributed by atoms with van der Waals surface area (Å²) in [5, 5.41) is 11.5. The first-order valence-electron chi connectivity index (χ1n) is 4.66. The molecule has 18 heavy (non-hydrogen) atoms. The van der Waals surface area contributed by atoms with Gasteiger partial charge in [0, 0.05) is 20.0 Å². The zero-order valence-corrected chi connectivity index (χ0v) is 13.3. The van der Waals surface area contributed by atoms with E-state index in [0.717, 1.165) is 15.6 Å². The maximum absolute atomic E-state index is 12.1. The average molecular weight is 377 g/mol. The highest BCUT2D eigenvalue weighted by Gasteiger charge is 2.24. The molecule has 1 rings (SSSR count). The Bertz CT molecular complexity index is 538. The molecule has 0 aliphatic heterocycles. The van der Waals surface area contributed by atoms with Gasteiger partial charge in [0.05, 0.1) is 8.81 Å². The number of nitrogens with zero attached hydrogens (tertiary/aromatic N) is 2. The fourth-order valence-corrected chi connectivity index (χ4v) is 4.83. The second kappa shape index (κ2) is 6.20. The minimum atomic E-state index is -3.60. The van der Waals surface area contributed by atoms with Crippen molar-refractivity contribution in [1.29, 1.82) is 0 Å². The van der Waals surface area contributed by atoms with Crippen LogP contribution in [0.2, 0.25) is 5.02 Å². The smallest absolute Gasteiger partial charge is 0.252 e. The first kappa shape index (κ1) is 15.7. The summed E-state index contributed by atoms with van der Waals surface area (Å²) in [5.41, 5.74) is 5.28. The van der Waals surface area contributed by atoms with E-state index in [4.69, 9.17) is 22.5 Å². The van der Waals surface area contributed by atoms with Crippen LogP contribution in [0.5, 0.6) is 0 Å². The van der Waals surface area contributed by atoms with Gasteiger partial charge in [0.1, 0.15) is 10.0 Å². The lowest BCUT2D eigenvalue weighted by Gasteiger charge is -2.15. The van der Waals surface area contributed by atoms with E-state index in [9.17, 15) is 8.42 Å². The summed E-state index contributed by atoms with van der Waals surface area (Å²) in [6.45, 7) is 0.116. The molecule has 0 radical (unpaired) electrons. The second-order valence-corrected chi connectivity index (χ2v) is 8.40. The van der Waals surface area contributed by atoms with Gasteiger partial charge in [-0.05, 0) is 22.0 Å². The van der Waals surface area contributed by atoms with E-state index in [1.165, 1.54) is 13.1 Å². The highest BCUT2D eigenvalue weighted by atomic mass is 79.9. The van der Waals surface area contributed by atoms with Crippen LogP contribution in [0.25, 0.3) is 0 Å². The first-order chi connectivity index (χ1) is 8.28. The third-order valence-electron chi connectivity index (χ3n) is 2.10. The third kappa shape index (κ3) is 3.58. The Morgan fingerprint density at radius 2 is 2.33 bits per heavy atom. The lowest BCUT2D eigenvalue weighted by atomic mass is 10.4. The Morgan fingerprint density at radius 3 is 2.78 bits per heavy atom. The van der Waals surface area contributed by atoms with E-state index < -0.39 is 10.0 Å². The molecule has 0 amide bonds. The van der Waals surface area contributed by atoms with Crippen molar-refractivity contribution in [3.63, 3.8) is 0 Å². The standard InChI is InChI=1S/C8H11BrClN3O3S2/c1-13(3-2-6(11)12-14)18(15,16)7-4-5(10)8(9)17-7/h4,14H,2-3H2,1H3,(H2,11,12). The number of nitrogens with two attached hydrogens (primary N) is 1. The van der Waals surface area contributed by atoms with Gasteiger partial charge in [-0.2, -0.15) is 4.31 Å². The van der Waals surface area contributed by atoms with Gasteiger partial charge in [0.15, 0.2) is 0 Å². The van der Waals surface area contributed by atoms with Crippen molar-refractivity contribution in [1.82, 2.24) is 4.31 Å². The molecule has 0 atom stereocenters. The van der Waals surface area contributed by atoms with Crippen molar-refractivity contribution in [2.75, 3.05) is 13.6 Å². The lowest BCUT2D eigenvalue weighted by molar-refractivity contribution is 0.316. The number of amidine groups is 1. The molecule has 0 bridgehead atoms. The molecule has 0 aromatic carbocycles. The SMILES string of the molecule is CN(CCC(N)=NO)S(=O)(=O)c1cc(Cl)c(Br)s1. The fourth-order valence-electron chi connectivity index (χ4n) is 1.05. The highest BCUT2D eigenvalue weighted by molar-refractivity contribution is 9.11. The van der Waals surface area contributed by atoms with Crippen molar-refractivity contribution in [2.24, 2.45) is 10.9 Å². The van der Waals surface area contributed by atoms with Gasteiger partial charge in [-0.25, -0.2) is 8.42 Å². The van der Waals surface area contributed by atoms with Gasteiger partial charge in [0.25, 0.3) is 10.0 Å². The van der Waals surface area contributed by atoms with E-state index in [1.54, 1.807) is 0 Å². The predicted molar refractivity (Wildman–Crippen MR) is 74.9 cm³/mol. The summed E-state index contributed by atoms with van der Waals surface area (Å²) in [7, 11) is -2.18. The van der Waals surface area contributed by atoms with Crippen LogP contribution in [-0.4, -0.2) is 37.4 Å². The molecule has 0 spiro atoms. The monoisotopic (exact) mass is 375 g/mol. The molecule has 1 aromatic rings. The molecule has 1 aromatic heterocycles. The van der Waals surface area contributed by atoms with Gasteiger partial charge in [-0.3, -0.25) is 0 Å². The van der Waals surface area contributed by atoms with Crippen molar-refractivity contribution < 1.29 is 13.6 Å². The molecule has 102 valence electrons. The Hall–Kier alpha value is -0.350. The van der Waals surface area contributed by atoms with Crippen molar-refractivity contribution in [3.05, 3.63) is 14.9 Å². The summed E-state index contributed by atoms with van der Waals surface area (Å²) < 4.78 is 26.1. The molecule has 0 saturated heterocycles. The quantitative estimate of drug-likeness (QED) is 0.355. The van der Waals surface area contributed by atoms with Crippen molar-refractivity contribution >= 4 is 54.7 Å². The average Bonchev–Trinajstić information content (AvgIpc) is 2.66. The lowest BCUT2D eigenvalue weighted by Crippen LogP contribution is -2.30. The van der Waals surface area contributed by atoms with Crippen LogP contribution < -0.4 is 5.73 Å². The molecule has 0 aliphatic rings. The van der Waals surface area contributed by atoms with Gasteiger partial charge >= 0.3 is 0 Å². The largest absolute Gasteiger partial charge is 0.409 e. The van der Waals surface area contributed by atoms with Crippen LogP contribution in [0.4, 0.5) is 0 Å². The van der Waals surface area contributed by atoms with Gasteiger partial charge < -0.3 is 10.9 Å². The summed E-state index contributed by atoms with van der Waals surface area (Å²) in [5.74, 6) is -0.0255. The Labute approximate surface area is 122 Å². The first-order valence-corrected chi connectivity index (χ1v) is 8.09. The second-order valence-electron chi connectivity index (χ2n) is 3.35. The molecular formula is C8H11BrClN3O3S2. The Morgan fingerprint density at radius 1 is 1.72 bits per heavy atom. The van der Waals surface area contributed by atoms with Crippen LogP contribution >= 0.6 is 38.9 Å². The van der Waals surface area contributed by atoms with Gasteiger partial charge in [-0.15, -0.1) is 11.3 Å². The molecule has 3 N–H and O–H groups in total. The van der Waals surface area contributed by atoms with E-state index in [-0.39, 0.29) is 23.0 Å². The number of halogens is 2.